The van der Waals surface area contributed by atoms with Crippen molar-refractivity contribution in [2.45, 2.75) is 25.7 Å². The van der Waals surface area contributed by atoms with E-state index in [-0.39, 0.29) is 23.2 Å². The average molecular weight is 544 g/mol. The van der Waals surface area contributed by atoms with E-state index in [0.717, 1.165) is 18.2 Å². The van der Waals surface area contributed by atoms with Gasteiger partial charge >= 0.3 is 12.2 Å². The van der Waals surface area contributed by atoms with Crippen molar-refractivity contribution in [3.05, 3.63) is 78.5 Å². The van der Waals surface area contributed by atoms with Crippen LogP contribution in [-0.4, -0.2) is 50.8 Å². The van der Waals surface area contributed by atoms with Crippen molar-refractivity contribution >= 4 is 17.4 Å². The maximum Gasteiger partial charge on any atom is 0.416 e. The number of ether oxygens (including phenoxy) is 1. The van der Waals surface area contributed by atoms with Gasteiger partial charge in [0.2, 0.25) is 0 Å². The molecule has 2 N–H and O–H groups in total. The normalized spacial score (nSPS) is 12.3. The SMILES string of the molecule is CC(Cn1cnnc1-c1cc(Oc2ccc(NC(=O)Nc3cccc(C(F)(F)F)c3)cc2F)ccn1)N(C)C. The van der Waals surface area contributed by atoms with Crippen LogP contribution in [0.1, 0.15) is 12.5 Å². The molecule has 1 atom stereocenters. The smallest absolute Gasteiger partial charge is 0.416 e. The van der Waals surface area contributed by atoms with E-state index in [1.165, 1.54) is 30.5 Å². The molecule has 2 amide bonds. The fourth-order valence-electron chi connectivity index (χ4n) is 3.49. The van der Waals surface area contributed by atoms with Crippen LogP contribution in [0.15, 0.2) is 67.1 Å². The molecule has 2 heterocycles. The Morgan fingerprint density at radius 3 is 2.51 bits per heavy atom. The Morgan fingerprint density at radius 1 is 1.08 bits per heavy atom. The van der Waals surface area contributed by atoms with Gasteiger partial charge in [0.1, 0.15) is 17.8 Å². The number of carbonyl (C=O) groups is 1. The molecular weight excluding hydrogens is 518 g/mol. The Hall–Kier alpha value is -4.52. The number of halogens is 4. The summed E-state index contributed by atoms with van der Waals surface area (Å²) in [6, 6.07) is 10.4. The first-order valence-electron chi connectivity index (χ1n) is 11.7. The lowest BCUT2D eigenvalue weighted by Crippen LogP contribution is -2.29. The van der Waals surface area contributed by atoms with E-state index >= 15 is 0 Å². The molecule has 0 radical (unpaired) electrons. The maximum absolute atomic E-state index is 14.8. The minimum absolute atomic E-state index is 0.0664. The predicted molar refractivity (Wildman–Crippen MR) is 137 cm³/mol. The number of nitrogens with zero attached hydrogens (tertiary/aromatic N) is 5. The highest BCUT2D eigenvalue weighted by molar-refractivity contribution is 5.99. The number of urea groups is 1. The van der Waals surface area contributed by atoms with Crippen LogP contribution in [0.3, 0.4) is 0 Å². The van der Waals surface area contributed by atoms with Crippen molar-refractivity contribution in [3.8, 4) is 23.0 Å². The van der Waals surface area contributed by atoms with Crippen molar-refractivity contribution in [2.75, 3.05) is 24.7 Å². The van der Waals surface area contributed by atoms with Gasteiger partial charge in [-0.2, -0.15) is 13.2 Å². The molecule has 0 aliphatic heterocycles. The van der Waals surface area contributed by atoms with Crippen LogP contribution >= 0.6 is 0 Å². The molecule has 0 aliphatic rings. The molecule has 0 fully saturated rings. The van der Waals surface area contributed by atoms with Gasteiger partial charge in [-0.25, -0.2) is 9.18 Å². The molecule has 4 aromatic rings. The van der Waals surface area contributed by atoms with Gasteiger partial charge < -0.3 is 24.8 Å². The molecule has 13 heteroatoms. The fourth-order valence-corrected chi connectivity index (χ4v) is 3.49. The number of rotatable bonds is 8. The van der Waals surface area contributed by atoms with E-state index in [0.29, 0.717) is 23.8 Å². The molecule has 4 rings (SSSR count). The monoisotopic (exact) mass is 543 g/mol. The number of alkyl halides is 3. The number of hydrogen-bond donors (Lipinski definition) is 2. The summed E-state index contributed by atoms with van der Waals surface area (Å²) in [4.78, 5) is 18.6. The molecule has 0 saturated carbocycles. The minimum atomic E-state index is -4.55. The van der Waals surface area contributed by atoms with Gasteiger partial charge in [0.05, 0.1) is 5.56 Å². The summed E-state index contributed by atoms with van der Waals surface area (Å²) in [5, 5.41) is 12.8. The van der Waals surface area contributed by atoms with Gasteiger partial charge in [0, 0.05) is 42.3 Å². The van der Waals surface area contributed by atoms with Gasteiger partial charge in [-0.1, -0.05) is 6.07 Å². The topological polar surface area (TPSA) is 97.2 Å². The molecule has 2 aromatic heterocycles. The summed E-state index contributed by atoms with van der Waals surface area (Å²) < 4.78 is 61.0. The number of amides is 2. The third-order valence-electron chi connectivity index (χ3n) is 5.78. The number of carbonyl (C=O) groups excluding carboxylic acids is 1. The molecule has 0 bridgehead atoms. The lowest BCUT2D eigenvalue weighted by molar-refractivity contribution is -0.137. The Balaban J connectivity index is 1.43. The second-order valence-electron chi connectivity index (χ2n) is 8.90. The van der Waals surface area contributed by atoms with Gasteiger partial charge in [-0.3, -0.25) is 4.98 Å². The Kier molecular flexibility index (Phi) is 8.10. The Bertz CT molecular complexity index is 1460. The first-order chi connectivity index (χ1) is 18.5. The van der Waals surface area contributed by atoms with Crippen LogP contribution in [0.2, 0.25) is 0 Å². The Labute approximate surface area is 221 Å². The molecule has 39 heavy (non-hydrogen) atoms. The summed E-state index contributed by atoms with van der Waals surface area (Å²) in [5.74, 6) is -0.0510. The zero-order chi connectivity index (χ0) is 28.2. The van der Waals surface area contributed by atoms with E-state index in [1.807, 2.05) is 18.7 Å². The molecule has 0 saturated heterocycles. The number of anilines is 2. The standard InChI is InChI=1S/C26H25F4N7O2/c1-16(36(2)3)14-37-15-32-35-24(37)22-13-20(9-10-31-22)39-23-8-7-19(12-21(23)27)34-25(38)33-18-6-4-5-17(11-18)26(28,29)30/h4-13,15-16H,14H2,1-3H3,(H2,33,34,38). The summed E-state index contributed by atoms with van der Waals surface area (Å²) >= 11 is 0. The fraction of sp³-hybridized carbons (Fsp3) is 0.231. The van der Waals surface area contributed by atoms with Crippen molar-refractivity contribution in [2.24, 2.45) is 0 Å². The highest BCUT2D eigenvalue weighted by Gasteiger charge is 2.30. The third kappa shape index (κ3) is 7.08. The van der Waals surface area contributed by atoms with Crippen molar-refractivity contribution < 1.29 is 27.1 Å². The largest absolute Gasteiger partial charge is 0.454 e. The van der Waals surface area contributed by atoms with E-state index in [4.69, 9.17) is 4.74 Å². The van der Waals surface area contributed by atoms with Crippen LogP contribution in [-0.2, 0) is 12.7 Å². The lowest BCUT2D eigenvalue weighted by Gasteiger charge is -2.20. The van der Waals surface area contributed by atoms with Crippen LogP contribution in [0.5, 0.6) is 11.5 Å². The summed E-state index contributed by atoms with van der Waals surface area (Å²) in [7, 11) is 3.94. The van der Waals surface area contributed by atoms with E-state index in [2.05, 4.69) is 37.6 Å². The molecule has 204 valence electrons. The summed E-state index contributed by atoms with van der Waals surface area (Å²) in [6.45, 7) is 2.69. The highest BCUT2D eigenvalue weighted by atomic mass is 19.4. The van der Waals surface area contributed by atoms with Gasteiger partial charge in [-0.05, 0) is 57.4 Å². The van der Waals surface area contributed by atoms with E-state index < -0.39 is 23.6 Å². The molecule has 0 spiro atoms. The second-order valence-corrected chi connectivity index (χ2v) is 8.90. The molecule has 0 aliphatic carbocycles. The zero-order valence-corrected chi connectivity index (χ0v) is 21.2. The minimum Gasteiger partial charge on any atom is -0.454 e. The Morgan fingerprint density at radius 2 is 1.82 bits per heavy atom. The second kappa shape index (κ2) is 11.5. The summed E-state index contributed by atoms with van der Waals surface area (Å²) in [6.07, 6.45) is -1.44. The van der Waals surface area contributed by atoms with Crippen LogP contribution in [0, 0.1) is 5.82 Å². The van der Waals surface area contributed by atoms with Gasteiger partial charge in [-0.15, -0.1) is 10.2 Å². The highest BCUT2D eigenvalue weighted by Crippen LogP contribution is 2.31. The van der Waals surface area contributed by atoms with E-state index in [1.54, 1.807) is 18.5 Å². The van der Waals surface area contributed by atoms with E-state index in [9.17, 15) is 22.4 Å². The number of benzene rings is 2. The van der Waals surface area contributed by atoms with Crippen LogP contribution in [0.4, 0.5) is 33.7 Å². The number of hydrogen-bond acceptors (Lipinski definition) is 6. The first-order valence-corrected chi connectivity index (χ1v) is 11.7. The predicted octanol–water partition coefficient (Wildman–Crippen LogP) is 5.88. The molecule has 1 unspecified atom stereocenters. The van der Waals surface area contributed by atoms with Crippen molar-refractivity contribution in [1.29, 1.82) is 0 Å². The number of likely N-dealkylation sites (N-methyl/N-ethyl adjacent to an activating group) is 1. The average Bonchev–Trinajstić information content (AvgIpc) is 3.33. The number of nitrogens with one attached hydrogen (secondary N) is 2. The van der Waals surface area contributed by atoms with Crippen LogP contribution < -0.4 is 15.4 Å². The lowest BCUT2D eigenvalue weighted by atomic mass is 10.2. The maximum atomic E-state index is 14.8. The molecular formula is C26H25F4N7O2. The van der Waals surface area contributed by atoms with Gasteiger partial charge in [0.15, 0.2) is 17.4 Å². The quantitative estimate of drug-likeness (QED) is 0.269. The number of aromatic nitrogens is 4. The van der Waals surface area contributed by atoms with Gasteiger partial charge in [0.25, 0.3) is 0 Å². The van der Waals surface area contributed by atoms with Crippen molar-refractivity contribution in [3.63, 3.8) is 0 Å². The molecule has 2 aromatic carbocycles. The van der Waals surface area contributed by atoms with Crippen molar-refractivity contribution in [1.82, 2.24) is 24.6 Å². The number of pyridine rings is 1. The zero-order valence-electron chi connectivity index (χ0n) is 21.2. The molecule has 9 nitrogen and oxygen atoms in total. The third-order valence-corrected chi connectivity index (χ3v) is 5.78. The summed E-state index contributed by atoms with van der Waals surface area (Å²) in [5.41, 5.74) is -0.414. The first kappa shape index (κ1) is 27.5. The van der Waals surface area contributed by atoms with Crippen LogP contribution in [0.25, 0.3) is 11.5 Å².